The van der Waals surface area contributed by atoms with Gasteiger partial charge in [-0.05, 0) is 37.6 Å². The van der Waals surface area contributed by atoms with Gasteiger partial charge in [-0.25, -0.2) is 9.67 Å². The third-order valence-corrected chi connectivity index (χ3v) is 4.31. The maximum atomic E-state index is 12.7. The second-order valence-corrected chi connectivity index (χ2v) is 5.88. The van der Waals surface area contributed by atoms with Crippen LogP contribution in [-0.4, -0.2) is 37.6 Å². The van der Waals surface area contributed by atoms with Crippen LogP contribution < -0.4 is 5.56 Å². The van der Waals surface area contributed by atoms with Crippen LogP contribution in [0.1, 0.15) is 34.6 Å². The summed E-state index contributed by atoms with van der Waals surface area (Å²) in [6, 6.07) is 10.6. The molecular weight excluding hydrogens is 318 g/mol. The molecule has 3 aromatic rings. The van der Waals surface area contributed by atoms with E-state index in [-0.39, 0.29) is 17.5 Å². The van der Waals surface area contributed by atoms with Crippen molar-refractivity contribution in [1.29, 1.82) is 0 Å². The zero-order valence-electron chi connectivity index (χ0n) is 14.3. The average Bonchev–Trinajstić information content (AvgIpc) is 3.15. The van der Waals surface area contributed by atoms with Gasteiger partial charge in [0.25, 0.3) is 5.91 Å². The Kier molecular flexibility index (Phi) is 4.47. The van der Waals surface area contributed by atoms with Crippen LogP contribution in [0.15, 0.2) is 53.8 Å². The van der Waals surface area contributed by atoms with Crippen molar-refractivity contribution in [3.8, 4) is 5.69 Å². The molecule has 0 fully saturated rings. The first-order valence-electron chi connectivity index (χ1n) is 7.89. The number of benzene rings is 1. The van der Waals surface area contributed by atoms with E-state index in [2.05, 4.69) is 15.1 Å². The van der Waals surface area contributed by atoms with Gasteiger partial charge >= 0.3 is 0 Å². The van der Waals surface area contributed by atoms with Crippen molar-refractivity contribution < 1.29 is 4.79 Å². The molecule has 0 aliphatic rings. The molecular formula is C18H19N5O2. The summed E-state index contributed by atoms with van der Waals surface area (Å²) in [6.45, 7) is 3.68. The number of pyridine rings is 1. The Morgan fingerprint density at radius 2 is 1.92 bits per heavy atom. The van der Waals surface area contributed by atoms with Gasteiger partial charge in [0.2, 0.25) is 5.56 Å². The molecule has 0 aliphatic heterocycles. The first kappa shape index (κ1) is 16.6. The number of aromatic amines is 1. The molecule has 0 bridgehead atoms. The van der Waals surface area contributed by atoms with E-state index in [0.29, 0.717) is 11.3 Å². The normalized spacial score (nSPS) is 12.0. The number of amides is 1. The molecule has 0 saturated carbocycles. The Hall–Kier alpha value is -3.22. The van der Waals surface area contributed by atoms with Gasteiger partial charge < -0.3 is 9.88 Å². The van der Waals surface area contributed by atoms with Gasteiger partial charge in [0.1, 0.15) is 12.7 Å². The fourth-order valence-electron chi connectivity index (χ4n) is 2.65. The van der Waals surface area contributed by atoms with Crippen LogP contribution in [-0.2, 0) is 0 Å². The second kappa shape index (κ2) is 6.72. The lowest BCUT2D eigenvalue weighted by Gasteiger charge is -2.26. The molecule has 2 heterocycles. The maximum Gasteiger partial charge on any atom is 0.255 e. The Morgan fingerprint density at radius 1 is 1.20 bits per heavy atom. The molecule has 1 aromatic carbocycles. The number of nitrogens with one attached hydrogen (secondary N) is 1. The zero-order chi connectivity index (χ0) is 18.0. The van der Waals surface area contributed by atoms with E-state index in [1.807, 2.05) is 31.2 Å². The lowest BCUT2D eigenvalue weighted by Crippen LogP contribution is -2.31. The van der Waals surface area contributed by atoms with Crippen LogP contribution in [0.25, 0.3) is 5.69 Å². The molecule has 0 aliphatic carbocycles. The Morgan fingerprint density at radius 3 is 2.52 bits per heavy atom. The van der Waals surface area contributed by atoms with Crippen molar-refractivity contribution in [2.45, 2.75) is 19.9 Å². The van der Waals surface area contributed by atoms with Gasteiger partial charge in [0.05, 0.1) is 17.3 Å². The van der Waals surface area contributed by atoms with Crippen molar-refractivity contribution in [2.75, 3.05) is 7.05 Å². The number of hydrogen-bond donors (Lipinski definition) is 1. The minimum atomic E-state index is -0.214. The summed E-state index contributed by atoms with van der Waals surface area (Å²) in [7, 11) is 1.75. The predicted octanol–water partition coefficient (Wildman–Crippen LogP) is 2.10. The standard InChI is InChI=1S/C18H19N5O2/c1-12-16(8-9-17(24)21-12)18(25)22(3)13(2)14-4-6-15(7-5-14)23-11-19-10-20-23/h4-11,13H,1-3H3,(H,21,24). The molecule has 1 atom stereocenters. The van der Waals surface area contributed by atoms with Crippen LogP contribution in [0.2, 0.25) is 0 Å². The van der Waals surface area contributed by atoms with Crippen LogP contribution in [0.5, 0.6) is 0 Å². The maximum absolute atomic E-state index is 12.7. The molecule has 128 valence electrons. The summed E-state index contributed by atoms with van der Waals surface area (Å²) in [4.78, 5) is 32.3. The molecule has 0 radical (unpaired) electrons. The first-order valence-corrected chi connectivity index (χ1v) is 7.89. The molecule has 1 amide bonds. The van der Waals surface area contributed by atoms with E-state index in [1.165, 1.54) is 12.4 Å². The van der Waals surface area contributed by atoms with Crippen molar-refractivity contribution >= 4 is 5.91 Å². The fourth-order valence-corrected chi connectivity index (χ4v) is 2.65. The molecule has 3 rings (SSSR count). The van der Waals surface area contributed by atoms with E-state index in [0.717, 1.165) is 11.3 Å². The van der Waals surface area contributed by atoms with Crippen LogP contribution in [0, 0.1) is 6.92 Å². The largest absolute Gasteiger partial charge is 0.335 e. The summed E-state index contributed by atoms with van der Waals surface area (Å²) in [5.41, 5.74) is 2.75. The molecule has 1 N–H and O–H groups in total. The molecule has 7 heteroatoms. The Balaban J connectivity index is 1.80. The average molecular weight is 337 g/mol. The number of nitrogens with zero attached hydrogens (tertiary/aromatic N) is 4. The van der Waals surface area contributed by atoms with Gasteiger partial charge in [-0.2, -0.15) is 5.10 Å². The highest BCUT2D eigenvalue weighted by Crippen LogP contribution is 2.22. The fraction of sp³-hybridized carbons (Fsp3) is 0.222. The van der Waals surface area contributed by atoms with Gasteiger partial charge in [-0.15, -0.1) is 0 Å². The predicted molar refractivity (Wildman–Crippen MR) is 93.7 cm³/mol. The van der Waals surface area contributed by atoms with Gasteiger partial charge in [0.15, 0.2) is 0 Å². The van der Waals surface area contributed by atoms with Crippen LogP contribution in [0.4, 0.5) is 0 Å². The van der Waals surface area contributed by atoms with Gasteiger partial charge in [-0.3, -0.25) is 9.59 Å². The number of carbonyl (C=O) groups is 1. The van der Waals surface area contributed by atoms with E-state index < -0.39 is 0 Å². The van der Waals surface area contributed by atoms with Crippen LogP contribution >= 0.6 is 0 Å². The van der Waals surface area contributed by atoms with Crippen molar-refractivity contribution in [2.24, 2.45) is 0 Å². The lowest BCUT2D eigenvalue weighted by atomic mass is 10.1. The highest BCUT2D eigenvalue weighted by Gasteiger charge is 2.20. The van der Waals surface area contributed by atoms with E-state index in [1.54, 1.807) is 35.9 Å². The van der Waals surface area contributed by atoms with E-state index in [4.69, 9.17) is 0 Å². The Labute approximate surface area is 144 Å². The smallest absolute Gasteiger partial charge is 0.255 e. The minimum absolute atomic E-state index is 0.122. The molecule has 0 saturated heterocycles. The quantitative estimate of drug-likeness (QED) is 0.790. The molecule has 0 spiro atoms. The summed E-state index contributed by atoms with van der Waals surface area (Å²) in [5, 5.41) is 4.09. The van der Waals surface area contributed by atoms with Gasteiger partial charge in [0, 0.05) is 18.8 Å². The Bertz CT molecular complexity index is 929. The summed E-state index contributed by atoms with van der Waals surface area (Å²) >= 11 is 0. The SMILES string of the molecule is Cc1[nH]c(=O)ccc1C(=O)N(C)C(C)c1ccc(-n2cncn2)cc1. The van der Waals surface area contributed by atoms with Crippen molar-refractivity contribution in [3.05, 3.63) is 76.2 Å². The van der Waals surface area contributed by atoms with Gasteiger partial charge in [-0.1, -0.05) is 12.1 Å². The lowest BCUT2D eigenvalue weighted by molar-refractivity contribution is 0.0741. The van der Waals surface area contributed by atoms with Crippen LogP contribution in [0.3, 0.4) is 0 Å². The van der Waals surface area contributed by atoms with Crippen molar-refractivity contribution in [3.63, 3.8) is 0 Å². The molecule has 7 nitrogen and oxygen atoms in total. The number of hydrogen-bond acceptors (Lipinski definition) is 4. The monoisotopic (exact) mass is 337 g/mol. The third kappa shape index (κ3) is 3.35. The molecule has 1 unspecified atom stereocenters. The summed E-state index contributed by atoms with van der Waals surface area (Å²) in [5.74, 6) is -0.137. The summed E-state index contributed by atoms with van der Waals surface area (Å²) in [6.07, 6.45) is 3.11. The second-order valence-electron chi connectivity index (χ2n) is 5.88. The molecule has 2 aromatic heterocycles. The highest BCUT2D eigenvalue weighted by atomic mass is 16.2. The first-order chi connectivity index (χ1) is 12.0. The number of carbonyl (C=O) groups excluding carboxylic acids is 1. The van der Waals surface area contributed by atoms with Crippen molar-refractivity contribution in [1.82, 2.24) is 24.6 Å². The topological polar surface area (TPSA) is 83.9 Å². The number of aryl methyl sites for hydroxylation is 1. The highest BCUT2D eigenvalue weighted by molar-refractivity contribution is 5.95. The number of H-pyrrole nitrogens is 1. The van der Waals surface area contributed by atoms with E-state index >= 15 is 0 Å². The zero-order valence-corrected chi connectivity index (χ0v) is 14.3. The number of rotatable bonds is 4. The minimum Gasteiger partial charge on any atom is -0.335 e. The van der Waals surface area contributed by atoms with E-state index in [9.17, 15) is 9.59 Å². The number of aromatic nitrogens is 4. The third-order valence-electron chi connectivity index (χ3n) is 4.31. The summed E-state index contributed by atoms with van der Waals surface area (Å²) < 4.78 is 1.67. The molecule has 25 heavy (non-hydrogen) atoms.